The van der Waals surface area contributed by atoms with Crippen LogP contribution < -0.4 is 16.2 Å². The fourth-order valence-corrected chi connectivity index (χ4v) is 1.92. The number of halogens is 3. The number of rotatable bonds is 4. The molecule has 0 fully saturated rings. The van der Waals surface area contributed by atoms with Crippen molar-refractivity contribution in [1.82, 2.24) is 15.1 Å². The third-order valence-corrected chi connectivity index (χ3v) is 3.16. The van der Waals surface area contributed by atoms with E-state index in [0.717, 1.165) is 11.6 Å². The SMILES string of the molecule is Cc1ccccc1NC(=O)NCCn1nc(C(F)(F)F)ccc1=O. The van der Waals surface area contributed by atoms with E-state index in [1.165, 1.54) is 0 Å². The van der Waals surface area contributed by atoms with Crippen LogP contribution in [0.5, 0.6) is 0 Å². The zero-order valence-electron chi connectivity index (χ0n) is 12.7. The number of alkyl halides is 3. The summed E-state index contributed by atoms with van der Waals surface area (Å²) in [7, 11) is 0. The van der Waals surface area contributed by atoms with Gasteiger partial charge in [-0.2, -0.15) is 18.3 Å². The summed E-state index contributed by atoms with van der Waals surface area (Å²) in [6, 6.07) is 8.01. The summed E-state index contributed by atoms with van der Waals surface area (Å²) in [5.41, 5.74) is -0.358. The van der Waals surface area contributed by atoms with Crippen molar-refractivity contribution in [2.75, 3.05) is 11.9 Å². The molecule has 2 amide bonds. The summed E-state index contributed by atoms with van der Waals surface area (Å²) in [5.74, 6) is 0. The van der Waals surface area contributed by atoms with Gasteiger partial charge in [-0.3, -0.25) is 4.79 Å². The molecule has 6 nitrogen and oxygen atoms in total. The summed E-state index contributed by atoms with van der Waals surface area (Å²) in [4.78, 5) is 23.3. The molecule has 2 rings (SSSR count). The Hall–Kier alpha value is -2.84. The molecule has 0 saturated heterocycles. The van der Waals surface area contributed by atoms with Crippen LogP contribution in [0.4, 0.5) is 23.7 Å². The van der Waals surface area contributed by atoms with Crippen LogP contribution in [0, 0.1) is 6.92 Å². The predicted octanol–water partition coefficient (Wildman–Crippen LogP) is 2.39. The van der Waals surface area contributed by atoms with Gasteiger partial charge in [0.15, 0.2) is 5.69 Å². The maximum Gasteiger partial charge on any atom is 0.435 e. The van der Waals surface area contributed by atoms with Crippen molar-refractivity contribution in [3.8, 4) is 0 Å². The molecule has 0 atom stereocenters. The second-order valence-electron chi connectivity index (χ2n) is 4.97. The van der Waals surface area contributed by atoms with Gasteiger partial charge in [0, 0.05) is 18.3 Å². The average molecular weight is 340 g/mol. The molecule has 24 heavy (non-hydrogen) atoms. The van der Waals surface area contributed by atoms with E-state index in [1.54, 1.807) is 12.1 Å². The zero-order valence-corrected chi connectivity index (χ0v) is 12.7. The number of para-hydroxylation sites is 1. The third kappa shape index (κ3) is 4.58. The van der Waals surface area contributed by atoms with Crippen molar-refractivity contribution in [2.24, 2.45) is 0 Å². The molecule has 1 aromatic heterocycles. The van der Waals surface area contributed by atoms with Crippen LogP contribution >= 0.6 is 0 Å². The molecule has 2 N–H and O–H groups in total. The molecule has 0 bridgehead atoms. The molecule has 0 aliphatic rings. The highest BCUT2D eigenvalue weighted by Gasteiger charge is 2.33. The van der Waals surface area contributed by atoms with Gasteiger partial charge in [0.2, 0.25) is 0 Å². The number of carbonyl (C=O) groups excluding carboxylic acids is 1. The van der Waals surface area contributed by atoms with Gasteiger partial charge >= 0.3 is 12.2 Å². The Balaban J connectivity index is 1.93. The van der Waals surface area contributed by atoms with Gasteiger partial charge in [-0.25, -0.2) is 9.48 Å². The van der Waals surface area contributed by atoms with Crippen LogP contribution in [0.3, 0.4) is 0 Å². The number of carbonyl (C=O) groups is 1. The van der Waals surface area contributed by atoms with E-state index in [1.807, 2.05) is 19.1 Å². The van der Waals surface area contributed by atoms with Gasteiger partial charge in [-0.1, -0.05) is 18.2 Å². The Kier molecular flexibility index (Phi) is 5.22. The van der Waals surface area contributed by atoms with Crippen LogP contribution in [0.25, 0.3) is 0 Å². The van der Waals surface area contributed by atoms with E-state index in [9.17, 15) is 22.8 Å². The van der Waals surface area contributed by atoms with Gasteiger partial charge in [0.1, 0.15) is 0 Å². The Bertz CT molecular complexity index is 787. The number of hydrogen-bond acceptors (Lipinski definition) is 3. The fourth-order valence-electron chi connectivity index (χ4n) is 1.92. The standard InChI is InChI=1S/C15H15F3N4O2/c1-10-4-2-3-5-11(10)20-14(24)19-8-9-22-13(23)7-6-12(21-22)15(16,17)18/h2-7H,8-9H2,1H3,(H2,19,20,24). The summed E-state index contributed by atoms with van der Waals surface area (Å²) >= 11 is 0. The van der Waals surface area contributed by atoms with Crippen LogP contribution in [0.2, 0.25) is 0 Å². The number of amides is 2. The van der Waals surface area contributed by atoms with Crippen molar-refractivity contribution in [2.45, 2.75) is 19.6 Å². The molecule has 0 spiro atoms. The third-order valence-electron chi connectivity index (χ3n) is 3.16. The van der Waals surface area contributed by atoms with Crippen molar-refractivity contribution in [3.63, 3.8) is 0 Å². The number of aromatic nitrogens is 2. The molecule has 1 heterocycles. The van der Waals surface area contributed by atoms with E-state index in [4.69, 9.17) is 0 Å². The number of nitrogens with zero attached hydrogens (tertiary/aromatic N) is 2. The lowest BCUT2D eigenvalue weighted by Gasteiger charge is -2.11. The molecule has 0 radical (unpaired) electrons. The number of benzene rings is 1. The second kappa shape index (κ2) is 7.16. The molecule has 2 aromatic rings. The summed E-state index contributed by atoms with van der Waals surface area (Å²) in [6.07, 6.45) is -4.63. The topological polar surface area (TPSA) is 76.0 Å². The predicted molar refractivity (Wildman–Crippen MR) is 81.7 cm³/mol. The maximum absolute atomic E-state index is 12.6. The average Bonchev–Trinajstić information content (AvgIpc) is 2.50. The van der Waals surface area contributed by atoms with Crippen LogP contribution in [-0.4, -0.2) is 22.4 Å². The number of hydrogen-bond donors (Lipinski definition) is 2. The van der Waals surface area contributed by atoms with Crippen molar-refractivity contribution in [3.05, 3.63) is 58.0 Å². The van der Waals surface area contributed by atoms with Gasteiger partial charge < -0.3 is 10.6 Å². The van der Waals surface area contributed by atoms with Crippen molar-refractivity contribution < 1.29 is 18.0 Å². The van der Waals surface area contributed by atoms with Gasteiger partial charge in [-0.15, -0.1) is 0 Å². The van der Waals surface area contributed by atoms with Gasteiger partial charge in [-0.05, 0) is 24.6 Å². The molecular weight excluding hydrogens is 325 g/mol. The fraction of sp³-hybridized carbons (Fsp3) is 0.267. The Morgan fingerprint density at radius 1 is 1.21 bits per heavy atom. The highest BCUT2D eigenvalue weighted by atomic mass is 19.4. The lowest BCUT2D eigenvalue weighted by molar-refractivity contribution is -0.142. The van der Waals surface area contributed by atoms with E-state index < -0.39 is 23.5 Å². The number of nitrogens with one attached hydrogen (secondary N) is 2. The first-order valence-electron chi connectivity index (χ1n) is 7.03. The molecule has 0 saturated carbocycles. The number of urea groups is 1. The highest BCUT2D eigenvalue weighted by molar-refractivity contribution is 5.89. The molecular formula is C15H15F3N4O2. The monoisotopic (exact) mass is 340 g/mol. The minimum Gasteiger partial charge on any atom is -0.336 e. The van der Waals surface area contributed by atoms with E-state index in [2.05, 4.69) is 15.7 Å². The Morgan fingerprint density at radius 2 is 1.92 bits per heavy atom. The zero-order chi connectivity index (χ0) is 17.7. The molecule has 0 aliphatic carbocycles. The van der Waals surface area contributed by atoms with E-state index in [-0.39, 0.29) is 13.1 Å². The molecule has 1 aromatic carbocycles. The normalized spacial score (nSPS) is 11.2. The lowest BCUT2D eigenvalue weighted by atomic mass is 10.2. The van der Waals surface area contributed by atoms with Crippen LogP contribution in [-0.2, 0) is 12.7 Å². The first-order chi connectivity index (χ1) is 11.3. The maximum atomic E-state index is 12.6. The second-order valence-corrected chi connectivity index (χ2v) is 4.97. The number of aryl methyl sites for hydroxylation is 1. The van der Waals surface area contributed by atoms with E-state index >= 15 is 0 Å². The Labute approximate surface area is 135 Å². The largest absolute Gasteiger partial charge is 0.435 e. The summed E-state index contributed by atoms with van der Waals surface area (Å²) in [6.45, 7) is 1.59. The quantitative estimate of drug-likeness (QED) is 0.897. The van der Waals surface area contributed by atoms with Gasteiger partial charge in [0.25, 0.3) is 5.56 Å². The molecule has 0 unspecified atom stereocenters. The minimum absolute atomic E-state index is 0.0497. The lowest BCUT2D eigenvalue weighted by Crippen LogP contribution is -2.35. The Morgan fingerprint density at radius 3 is 2.58 bits per heavy atom. The van der Waals surface area contributed by atoms with Crippen LogP contribution in [0.15, 0.2) is 41.2 Å². The molecule has 0 aliphatic heterocycles. The first-order valence-corrected chi connectivity index (χ1v) is 7.03. The first kappa shape index (κ1) is 17.5. The van der Waals surface area contributed by atoms with E-state index in [0.29, 0.717) is 16.4 Å². The minimum atomic E-state index is -4.63. The smallest absolute Gasteiger partial charge is 0.336 e. The van der Waals surface area contributed by atoms with Crippen molar-refractivity contribution >= 4 is 11.7 Å². The molecule has 128 valence electrons. The highest BCUT2D eigenvalue weighted by Crippen LogP contribution is 2.26. The summed E-state index contributed by atoms with van der Waals surface area (Å²) in [5, 5.41) is 8.32. The molecule has 9 heteroatoms. The van der Waals surface area contributed by atoms with Crippen molar-refractivity contribution in [1.29, 1.82) is 0 Å². The van der Waals surface area contributed by atoms with Gasteiger partial charge in [0.05, 0.1) is 6.54 Å². The summed E-state index contributed by atoms with van der Waals surface area (Å²) < 4.78 is 38.4. The number of anilines is 1. The van der Waals surface area contributed by atoms with Crippen LogP contribution in [0.1, 0.15) is 11.3 Å².